The summed E-state index contributed by atoms with van der Waals surface area (Å²) < 4.78 is 10.2. The van der Waals surface area contributed by atoms with Gasteiger partial charge in [-0.3, -0.25) is 20.2 Å². The van der Waals surface area contributed by atoms with E-state index in [0.29, 0.717) is 11.1 Å². The second kappa shape index (κ2) is 7.76. The molecule has 0 heterocycles. The van der Waals surface area contributed by atoms with Gasteiger partial charge in [0, 0.05) is 29.8 Å². The van der Waals surface area contributed by atoms with Crippen LogP contribution in [0, 0.1) is 31.6 Å². The van der Waals surface area contributed by atoms with Crippen molar-refractivity contribution in [2.24, 2.45) is 0 Å². The molecule has 0 amide bonds. The molecule has 2 aromatic carbocycles. The fourth-order valence-electron chi connectivity index (χ4n) is 2.26. The molecule has 2 rings (SSSR count). The van der Waals surface area contributed by atoms with E-state index in [4.69, 9.17) is 9.47 Å². The Kier molecular flexibility index (Phi) is 5.49. The van der Waals surface area contributed by atoms with E-state index in [0.717, 1.165) is 0 Å². The molecule has 0 aliphatic rings. The first kappa shape index (κ1) is 18.4. The van der Waals surface area contributed by atoms with Gasteiger partial charge in [0.05, 0.1) is 35.7 Å². The van der Waals surface area contributed by atoms with E-state index in [2.05, 4.69) is 0 Å². The Morgan fingerprint density at radius 3 is 2.12 bits per heavy atom. The Labute approximate surface area is 148 Å². The monoisotopic (exact) mass is 355 g/mol. The summed E-state index contributed by atoms with van der Waals surface area (Å²) in [6.45, 7) is 0. The van der Waals surface area contributed by atoms with Crippen LogP contribution in [0.1, 0.15) is 11.1 Å². The predicted octanol–water partition coefficient (Wildman–Crippen LogP) is 3.58. The molecule has 0 saturated carbocycles. The zero-order valence-electron chi connectivity index (χ0n) is 13.8. The van der Waals surface area contributed by atoms with Gasteiger partial charge in [-0.25, -0.2) is 0 Å². The second-order valence-corrected chi connectivity index (χ2v) is 5.00. The lowest BCUT2D eigenvalue weighted by Crippen LogP contribution is -1.97. The summed E-state index contributed by atoms with van der Waals surface area (Å²) in [4.78, 5) is 20.8. The molecule has 0 aromatic heterocycles. The van der Waals surface area contributed by atoms with E-state index >= 15 is 0 Å². The van der Waals surface area contributed by atoms with Crippen LogP contribution in [0.5, 0.6) is 11.5 Å². The molecule has 9 nitrogen and oxygen atoms in total. The van der Waals surface area contributed by atoms with E-state index < -0.39 is 9.85 Å². The molecular formula is C17H13N3O6. The van der Waals surface area contributed by atoms with Gasteiger partial charge < -0.3 is 9.47 Å². The molecule has 0 aliphatic heterocycles. The molecule has 9 heteroatoms. The zero-order valence-corrected chi connectivity index (χ0v) is 13.8. The number of non-ortho nitro benzene ring substituents is 1. The summed E-state index contributed by atoms with van der Waals surface area (Å²) >= 11 is 0. The van der Waals surface area contributed by atoms with Crippen molar-refractivity contribution in [3.63, 3.8) is 0 Å². The summed E-state index contributed by atoms with van der Waals surface area (Å²) in [5, 5.41) is 31.3. The molecule has 0 unspecified atom stereocenters. The van der Waals surface area contributed by atoms with Crippen molar-refractivity contribution >= 4 is 23.0 Å². The Hall–Kier alpha value is -3.93. The molecule has 0 N–H and O–H groups in total. The summed E-state index contributed by atoms with van der Waals surface area (Å²) in [6, 6.07) is 9.97. The standard InChI is InChI=1S/C17H13N3O6/c1-25-16-9-17(26-2)15(20(23)24)8-12(16)7-13(10-18)11-3-5-14(6-4-11)19(21)22/h3-9H,1-2H3/b13-7-. The third-order valence-electron chi connectivity index (χ3n) is 3.54. The lowest BCUT2D eigenvalue weighted by molar-refractivity contribution is -0.385. The maximum Gasteiger partial charge on any atom is 0.311 e. The first-order valence-corrected chi connectivity index (χ1v) is 7.18. The highest BCUT2D eigenvalue weighted by Crippen LogP contribution is 2.36. The number of nitriles is 1. The molecule has 0 atom stereocenters. The van der Waals surface area contributed by atoms with Crippen LogP contribution >= 0.6 is 0 Å². The Balaban J connectivity index is 2.57. The van der Waals surface area contributed by atoms with E-state index in [1.807, 2.05) is 6.07 Å². The number of nitrogens with zero attached hydrogens (tertiary/aromatic N) is 3. The van der Waals surface area contributed by atoms with Crippen LogP contribution in [0.2, 0.25) is 0 Å². The number of allylic oxidation sites excluding steroid dienone is 1. The third kappa shape index (κ3) is 3.76. The Morgan fingerprint density at radius 2 is 1.65 bits per heavy atom. The van der Waals surface area contributed by atoms with Gasteiger partial charge in [-0.15, -0.1) is 0 Å². The highest BCUT2D eigenvalue weighted by molar-refractivity contribution is 5.91. The van der Waals surface area contributed by atoms with E-state index in [-0.39, 0.29) is 28.4 Å². The van der Waals surface area contributed by atoms with Crippen LogP contribution in [-0.2, 0) is 0 Å². The molecule has 0 bridgehead atoms. The fraction of sp³-hybridized carbons (Fsp3) is 0.118. The SMILES string of the molecule is COc1cc(OC)c([N+](=O)[O-])cc1/C=C(/C#N)c1ccc([N+](=O)[O-])cc1. The van der Waals surface area contributed by atoms with Gasteiger partial charge in [0.15, 0.2) is 0 Å². The second-order valence-electron chi connectivity index (χ2n) is 5.00. The number of hydrogen-bond donors (Lipinski definition) is 0. The average molecular weight is 355 g/mol. The number of benzene rings is 2. The van der Waals surface area contributed by atoms with Gasteiger partial charge in [-0.05, 0) is 23.8 Å². The number of rotatable bonds is 6. The molecule has 26 heavy (non-hydrogen) atoms. The molecule has 0 spiro atoms. The van der Waals surface area contributed by atoms with Crippen molar-refractivity contribution in [2.75, 3.05) is 14.2 Å². The van der Waals surface area contributed by atoms with Gasteiger partial charge in [-0.2, -0.15) is 5.26 Å². The molecule has 0 fully saturated rings. The largest absolute Gasteiger partial charge is 0.496 e. The van der Waals surface area contributed by atoms with Crippen molar-refractivity contribution < 1.29 is 19.3 Å². The van der Waals surface area contributed by atoms with Gasteiger partial charge >= 0.3 is 5.69 Å². The number of ether oxygens (including phenoxy) is 2. The zero-order chi connectivity index (χ0) is 19.3. The van der Waals surface area contributed by atoms with Gasteiger partial charge in [0.1, 0.15) is 5.75 Å². The Bertz CT molecular complexity index is 929. The molecular weight excluding hydrogens is 342 g/mol. The lowest BCUT2D eigenvalue weighted by Gasteiger charge is -2.09. The van der Waals surface area contributed by atoms with Crippen LogP contribution in [0.4, 0.5) is 11.4 Å². The first-order valence-electron chi connectivity index (χ1n) is 7.18. The molecule has 2 aromatic rings. The van der Waals surface area contributed by atoms with Crippen molar-refractivity contribution in [1.82, 2.24) is 0 Å². The third-order valence-corrected chi connectivity index (χ3v) is 3.54. The average Bonchev–Trinajstić information content (AvgIpc) is 2.65. The van der Waals surface area contributed by atoms with Crippen molar-refractivity contribution in [3.8, 4) is 17.6 Å². The summed E-state index contributed by atoms with van der Waals surface area (Å²) in [7, 11) is 2.69. The van der Waals surface area contributed by atoms with Crippen molar-refractivity contribution in [3.05, 3.63) is 67.8 Å². The molecule has 0 aliphatic carbocycles. The molecule has 0 saturated heterocycles. The quantitative estimate of drug-likeness (QED) is 0.335. The van der Waals surface area contributed by atoms with Crippen LogP contribution in [0.15, 0.2) is 36.4 Å². The van der Waals surface area contributed by atoms with Crippen molar-refractivity contribution in [1.29, 1.82) is 5.26 Å². The predicted molar refractivity (Wildman–Crippen MR) is 92.8 cm³/mol. The minimum absolute atomic E-state index is 0.0258. The van der Waals surface area contributed by atoms with E-state index in [1.54, 1.807) is 0 Å². The summed E-state index contributed by atoms with van der Waals surface area (Å²) in [6.07, 6.45) is 1.41. The number of methoxy groups -OCH3 is 2. The Morgan fingerprint density at radius 1 is 1.04 bits per heavy atom. The number of hydrogen-bond acceptors (Lipinski definition) is 7. The normalized spacial score (nSPS) is 10.7. The van der Waals surface area contributed by atoms with Crippen LogP contribution in [0.25, 0.3) is 11.6 Å². The minimum Gasteiger partial charge on any atom is -0.496 e. The summed E-state index contributed by atoms with van der Waals surface area (Å²) in [5.41, 5.74) is 0.510. The summed E-state index contributed by atoms with van der Waals surface area (Å²) in [5.74, 6) is 0.306. The van der Waals surface area contributed by atoms with Crippen LogP contribution in [0.3, 0.4) is 0 Å². The van der Waals surface area contributed by atoms with Crippen LogP contribution < -0.4 is 9.47 Å². The van der Waals surface area contributed by atoms with Gasteiger partial charge in [0.2, 0.25) is 5.75 Å². The fourth-order valence-corrected chi connectivity index (χ4v) is 2.26. The smallest absolute Gasteiger partial charge is 0.311 e. The van der Waals surface area contributed by atoms with E-state index in [1.165, 1.54) is 56.7 Å². The van der Waals surface area contributed by atoms with E-state index in [9.17, 15) is 25.5 Å². The first-order chi connectivity index (χ1) is 12.4. The maximum atomic E-state index is 11.2. The van der Waals surface area contributed by atoms with Gasteiger partial charge in [-0.1, -0.05) is 0 Å². The highest BCUT2D eigenvalue weighted by Gasteiger charge is 2.19. The van der Waals surface area contributed by atoms with Crippen molar-refractivity contribution in [2.45, 2.75) is 0 Å². The number of nitro benzene ring substituents is 2. The maximum absolute atomic E-state index is 11.2. The van der Waals surface area contributed by atoms with Gasteiger partial charge in [0.25, 0.3) is 5.69 Å². The lowest BCUT2D eigenvalue weighted by atomic mass is 10.0. The number of nitro groups is 2. The highest BCUT2D eigenvalue weighted by atomic mass is 16.6. The minimum atomic E-state index is -0.604. The topological polar surface area (TPSA) is 129 Å². The van der Waals surface area contributed by atoms with Crippen LogP contribution in [-0.4, -0.2) is 24.1 Å². The molecule has 132 valence electrons. The molecule has 0 radical (unpaired) electrons.